The molecule has 1 heterocycles. The fourth-order valence-corrected chi connectivity index (χ4v) is 3.22. The van der Waals surface area contributed by atoms with Crippen LogP contribution in [0, 0.1) is 6.92 Å². The van der Waals surface area contributed by atoms with Crippen LogP contribution in [0.15, 0.2) is 95.2 Å². The van der Waals surface area contributed by atoms with Gasteiger partial charge in [-0.15, -0.1) is 10.2 Å². The van der Waals surface area contributed by atoms with Crippen LogP contribution in [-0.4, -0.2) is 15.0 Å². The summed E-state index contributed by atoms with van der Waals surface area (Å²) in [6.07, 6.45) is 0. The number of benzene rings is 4. The molecule has 0 radical (unpaired) electrons. The van der Waals surface area contributed by atoms with E-state index in [2.05, 4.69) is 33.5 Å². The highest BCUT2D eigenvalue weighted by molar-refractivity contribution is 6.03. The van der Waals surface area contributed by atoms with Gasteiger partial charge >= 0.3 is 0 Å². The van der Waals surface area contributed by atoms with Crippen molar-refractivity contribution < 1.29 is 0 Å². The minimum absolute atomic E-state index is 0.785. The normalized spacial score (nSPS) is 11.0. The van der Waals surface area contributed by atoms with Crippen LogP contribution in [0.3, 0.4) is 0 Å². The molecule has 4 aromatic carbocycles. The zero-order valence-corrected chi connectivity index (χ0v) is 17.3. The van der Waals surface area contributed by atoms with Crippen LogP contribution in [0.2, 0.25) is 0 Å². The molecule has 0 aliphatic rings. The quantitative estimate of drug-likeness (QED) is 0.301. The van der Waals surface area contributed by atoms with Crippen LogP contribution < -0.4 is 0 Å². The van der Waals surface area contributed by atoms with Crippen molar-refractivity contribution in [2.45, 2.75) is 20.8 Å². The number of rotatable bonds is 3. The first kappa shape index (κ1) is 19.5. The molecule has 0 N–H and O–H groups in total. The standard InChI is InChI=1S/C23H17N5.C2H6/c1-16-5-4-7-19(15-16)25-24-18-10-12-20(13-11-18)28-26-22-14-9-17-6-2-3-8-21(17)23(22)27-28;1-2/h2-15H,1H3;1-2H3. The Kier molecular flexibility index (Phi) is 5.61. The lowest BCUT2D eigenvalue weighted by atomic mass is 10.1. The van der Waals surface area contributed by atoms with Gasteiger partial charge in [0.25, 0.3) is 0 Å². The molecule has 5 heteroatoms. The molecule has 0 aliphatic carbocycles. The molecular weight excluding hydrogens is 370 g/mol. The number of aryl methyl sites for hydroxylation is 1. The highest BCUT2D eigenvalue weighted by Gasteiger charge is 2.08. The summed E-state index contributed by atoms with van der Waals surface area (Å²) in [5.74, 6) is 0. The fraction of sp³-hybridized carbons (Fsp3) is 0.120. The maximum Gasteiger partial charge on any atom is 0.121 e. The third-order valence-electron chi connectivity index (χ3n) is 4.64. The predicted molar refractivity (Wildman–Crippen MR) is 123 cm³/mol. The number of hydrogen-bond donors (Lipinski definition) is 0. The van der Waals surface area contributed by atoms with E-state index >= 15 is 0 Å². The molecule has 5 rings (SSSR count). The van der Waals surface area contributed by atoms with Crippen molar-refractivity contribution in [2.75, 3.05) is 0 Å². The topological polar surface area (TPSA) is 55.4 Å². The molecule has 5 aromatic rings. The zero-order chi connectivity index (χ0) is 20.9. The highest BCUT2D eigenvalue weighted by Crippen LogP contribution is 2.24. The second-order valence-corrected chi connectivity index (χ2v) is 6.70. The van der Waals surface area contributed by atoms with Gasteiger partial charge in [0.1, 0.15) is 11.0 Å². The summed E-state index contributed by atoms with van der Waals surface area (Å²) >= 11 is 0. The summed E-state index contributed by atoms with van der Waals surface area (Å²) in [6, 6.07) is 28.0. The Bertz CT molecular complexity index is 1320. The molecule has 0 atom stereocenters. The van der Waals surface area contributed by atoms with Crippen molar-refractivity contribution in [1.29, 1.82) is 0 Å². The first-order chi connectivity index (χ1) is 14.8. The van der Waals surface area contributed by atoms with Gasteiger partial charge in [0.15, 0.2) is 0 Å². The molecule has 0 fully saturated rings. The number of azo groups is 1. The molecule has 0 saturated heterocycles. The van der Waals surface area contributed by atoms with Crippen LogP contribution in [0.1, 0.15) is 19.4 Å². The monoisotopic (exact) mass is 393 g/mol. The minimum atomic E-state index is 0.785. The zero-order valence-electron chi connectivity index (χ0n) is 17.3. The van der Waals surface area contributed by atoms with Crippen molar-refractivity contribution in [3.8, 4) is 5.69 Å². The van der Waals surface area contributed by atoms with Crippen LogP contribution in [0.25, 0.3) is 27.5 Å². The van der Waals surface area contributed by atoms with Crippen molar-refractivity contribution in [1.82, 2.24) is 15.0 Å². The molecule has 0 unspecified atom stereocenters. The van der Waals surface area contributed by atoms with Crippen molar-refractivity contribution >= 4 is 33.2 Å². The summed E-state index contributed by atoms with van der Waals surface area (Å²) in [6.45, 7) is 6.04. The minimum Gasteiger partial charge on any atom is -0.151 e. The molecule has 5 nitrogen and oxygen atoms in total. The van der Waals surface area contributed by atoms with Gasteiger partial charge in [-0.25, -0.2) is 0 Å². The lowest BCUT2D eigenvalue weighted by molar-refractivity contribution is 0.766. The largest absolute Gasteiger partial charge is 0.151 e. The van der Waals surface area contributed by atoms with Crippen molar-refractivity contribution in [3.05, 3.63) is 90.5 Å². The Morgan fingerprint density at radius 1 is 0.700 bits per heavy atom. The Labute approximate surface area is 175 Å². The Hall–Kier alpha value is -3.86. The smallest absolute Gasteiger partial charge is 0.121 e. The van der Waals surface area contributed by atoms with E-state index in [1.165, 1.54) is 0 Å². The second-order valence-electron chi connectivity index (χ2n) is 6.70. The van der Waals surface area contributed by atoms with E-state index in [4.69, 9.17) is 5.10 Å². The van der Waals surface area contributed by atoms with E-state index in [0.29, 0.717) is 0 Å². The molecule has 1 aromatic heterocycles. The fourth-order valence-electron chi connectivity index (χ4n) is 3.22. The van der Waals surface area contributed by atoms with Crippen molar-refractivity contribution in [2.24, 2.45) is 10.2 Å². The van der Waals surface area contributed by atoms with Crippen LogP contribution in [0.5, 0.6) is 0 Å². The summed E-state index contributed by atoms with van der Waals surface area (Å²) < 4.78 is 0. The summed E-state index contributed by atoms with van der Waals surface area (Å²) in [5, 5.41) is 20.2. The van der Waals surface area contributed by atoms with Crippen LogP contribution in [-0.2, 0) is 0 Å². The molecule has 0 spiro atoms. The van der Waals surface area contributed by atoms with Crippen LogP contribution >= 0.6 is 0 Å². The summed E-state index contributed by atoms with van der Waals surface area (Å²) in [4.78, 5) is 1.67. The molecule has 0 bridgehead atoms. The Morgan fingerprint density at radius 2 is 1.47 bits per heavy atom. The van der Waals surface area contributed by atoms with E-state index < -0.39 is 0 Å². The molecule has 30 heavy (non-hydrogen) atoms. The third kappa shape index (κ3) is 3.96. The van der Waals surface area contributed by atoms with Gasteiger partial charge in [-0.2, -0.15) is 15.0 Å². The van der Waals surface area contributed by atoms with Gasteiger partial charge < -0.3 is 0 Å². The van der Waals surface area contributed by atoms with E-state index in [0.717, 1.165) is 44.4 Å². The molecule has 0 amide bonds. The molecule has 148 valence electrons. The van der Waals surface area contributed by atoms with Crippen LogP contribution in [0.4, 0.5) is 11.4 Å². The number of hydrogen-bond acceptors (Lipinski definition) is 4. The Morgan fingerprint density at radius 3 is 2.27 bits per heavy atom. The molecular formula is C25H23N5. The van der Waals surface area contributed by atoms with Gasteiger partial charge in [-0.1, -0.05) is 56.3 Å². The van der Waals surface area contributed by atoms with Gasteiger partial charge in [0, 0.05) is 5.39 Å². The predicted octanol–water partition coefficient (Wildman–Crippen LogP) is 7.32. The lowest BCUT2D eigenvalue weighted by Gasteiger charge is -1.99. The maximum absolute atomic E-state index is 4.70. The van der Waals surface area contributed by atoms with Gasteiger partial charge in [0.2, 0.25) is 0 Å². The average Bonchev–Trinajstić information content (AvgIpc) is 3.24. The van der Waals surface area contributed by atoms with Crippen molar-refractivity contribution in [3.63, 3.8) is 0 Å². The highest BCUT2D eigenvalue weighted by atomic mass is 15.5. The summed E-state index contributed by atoms with van der Waals surface area (Å²) in [5.41, 5.74) is 5.46. The first-order valence-electron chi connectivity index (χ1n) is 10.1. The number of fused-ring (bicyclic) bond motifs is 3. The first-order valence-corrected chi connectivity index (χ1v) is 10.1. The molecule has 0 saturated carbocycles. The van der Waals surface area contributed by atoms with E-state index in [-0.39, 0.29) is 0 Å². The van der Waals surface area contributed by atoms with Gasteiger partial charge in [-0.3, -0.25) is 0 Å². The van der Waals surface area contributed by atoms with E-state index in [1.54, 1.807) is 4.80 Å². The lowest BCUT2D eigenvalue weighted by Crippen LogP contribution is -1.97. The number of aromatic nitrogens is 3. The van der Waals surface area contributed by atoms with E-state index in [1.807, 2.05) is 87.5 Å². The molecule has 0 aliphatic heterocycles. The SMILES string of the molecule is CC.Cc1cccc(N=Nc2ccc(-n3nc4ccc5ccccc5c4n3)cc2)c1. The Balaban J connectivity index is 0.00000106. The van der Waals surface area contributed by atoms with Gasteiger partial charge in [-0.05, 0) is 60.3 Å². The third-order valence-corrected chi connectivity index (χ3v) is 4.64. The average molecular weight is 393 g/mol. The maximum atomic E-state index is 4.70. The summed E-state index contributed by atoms with van der Waals surface area (Å²) in [7, 11) is 0. The number of nitrogens with zero attached hydrogens (tertiary/aromatic N) is 5. The van der Waals surface area contributed by atoms with E-state index in [9.17, 15) is 0 Å². The van der Waals surface area contributed by atoms with Gasteiger partial charge in [0.05, 0.1) is 17.1 Å². The second kappa shape index (κ2) is 8.66.